The molecule has 1 unspecified atom stereocenters. The summed E-state index contributed by atoms with van der Waals surface area (Å²) in [5, 5.41) is 17.8. The van der Waals surface area contributed by atoms with Crippen LogP contribution in [0, 0.1) is 5.92 Å². The highest BCUT2D eigenvalue weighted by atomic mass is 16.7. The first-order valence-electron chi connectivity index (χ1n) is 6.39. The van der Waals surface area contributed by atoms with Crippen LogP contribution in [0.3, 0.4) is 0 Å². The number of aromatic nitrogens is 3. The van der Waals surface area contributed by atoms with Gasteiger partial charge in [-0.25, -0.2) is 4.68 Å². The lowest BCUT2D eigenvalue weighted by Gasteiger charge is -2.14. The number of aliphatic hydroxyl groups excluding tert-OH is 1. The Morgan fingerprint density at radius 3 is 2.39 bits per heavy atom. The van der Waals surface area contributed by atoms with Crippen molar-refractivity contribution in [2.24, 2.45) is 5.92 Å². The molecular formula is C12H23N3O3. The van der Waals surface area contributed by atoms with Crippen LogP contribution in [0.5, 0.6) is 0 Å². The molecule has 1 N–H and O–H groups in total. The summed E-state index contributed by atoms with van der Waals surface area (Å²) in [5.74, 6) is 0.187. The van der Waals surface area contributed by atoms with Crippen molar-refractivity contribution in [1.29, 1.82) is 0 Å². The maximum atomic E-state index is 9.78. The molecule has 0 fully saturated rings. The molecule has 0 spiro atoms. The molecule has 1 rings (SSSR count). The summed E-state index contributed by atoms with van der Waals surface area (Å²) in [6, 6.07) is 0. The SMILES string of the molecule is CCOC(OCC)c1cn(CC(O)C(C)C)nn1. The Bertz CT molecular complexity index is 335. The molecule has 1 atom stereocenters. The van der Waals surface area contributed by atoms with E-state index in [1.54, 1.807) is 10.9 Å². The zero-order valence-electron chi connectivity index (χ0n) is 11.5. The van der Waals surface area contributed by atoms with Gasteiger partial charge in [-0.05, 0) is 19.8 Å². The summed E-state index contributed by atoms with van der Waals surface area (Å²) < 4.78 is 12.5. The molecule has 0 amide bonds. The normalized spacial score (nSPS) is 13.5. The fourth-order valence-corrected chi connectivity index (χ4v) is 1.43. The monoisotopic (exact) mass is 257 g/mol. The number of rotatable bonds is 8. The number of hydrogen-bond donors (Lipinski definition) is 1. The van der Waals surface area contributed by atoms with Gasteiger partial charge in [0, 0.05) is 13.2 Å². The maximum Gasteiger partial charge on any atom is 0.204 e. The van der Waals surface area contributed by atoms with E-state index in [-0.39, 0.29) is 5.92 Å². The van der Waals surface area contributed by atoms with E-state index < -0.39 is 12.4 Å². The minimum Gasteiger partial charge on any atom is -0.391 e. The largest absolute Gasteiger partial charge is 0.391 e. The van der Waals surface area contributed by atoms with Gasteiger partial charge in [0.25, 0.3) is 0 Å². The molecule has 0 aliphatic rings. The standard InChI is InChI=1S/C12H23N3O3/c1-5-17-12(18-6-2)10-7-15(14-13-10)8-11(16)9(3)4/h7,9,11-12,16H,5-6,8H2,1-4H3. The maximum absolute atomic E-state index is 9.78. The van der Waals surface area contributed by atoms with Gasteiger partial charge in [0.05, 0.1) is 18.8 Å². The third-order valence-corrected chi connectivity index (χ3v) is 2.58. The minimum absolute atomic E-state index is 0.187. The van der Waals surface area contributed by atoms with Crippen molar-refractivity contribution in [3.63, 3.8) is 0 Å². The lowest BCUT2D eigenvalue weighted by molar-refractivity contribution is -0.142. The second-order valence-electron chi connectivity index (χ2n) is 4.42. The topological polar surface area (TPSA) is 69.4 Å². The molecule has 0 radical (unpaired) electrons. The van der Waals surface area contributed by atoms with E-state index in [4.69, 9.17) is 9.47 Å². The molecule has 6 nitrogen and oxygen atoms in total. The van der Waals surface area contributed by atoms with Gasteiger partial charge in [0.15, 0.2) is 0 Å². The third kappa shape index (κ3) is 4.36. The summed E-state index contributed by atoms with van der Waals surface area (Å²) in [5.41, 5.74) is 0.634. The first-order chi connectivity index (χ1) is 8.58. The zero-order chi connectivity index (χ0) is 13.5. The van der Waals surface area contributed by atoms with Crippen LogP contribution >= 0.6 is 0 Å². The molecule has 0 saturated heterocycles. The van der Waals surface area contributed by atoms with Gasteiger partial charge in [0.1, 0.15) is 5.69 Å². The minimum atomic E-state index is -0.482. The van der Waals surface area contributed by atoms with Crippen molar-refractivity contribution in [2.45, 2.75) is 46.6 Å². The van der Waals surface area contributed by atoms with E-state index in [0.29, 0.717) is 25.5 Å². The fraction of sp³-hybridized carbons (Fsp3) is 0.833. The van der Waals surface area contributed by atoms with E-state index in [1.807, 2.05) is 27.7 Å². The first-order valence-corrected chi connectivity index (χ1v) is 6.39. The molecule has 0 saturated carbocycles. The van der Waals surface area contributed by atoms with Gasteiger partial charge in [-0.15, -0.1) is 5.10 Å². The quantitative estimate of drug-likeness (QED) is 0.712. The van der Waals surface area contributed by atoms with Crippen molar-refractivity contribution < 1.29 is 14.6 Å². The highest BCUT2D eigenvalue weighted by Gasteiger charge is 2.17. The molecule has 1 aromatic rings. The van der Waals surface area contributed by atoms with Crippen LogP contribution < -0.4 is 0 Å². The van der Waals surface area contributed by atoms with Gasteiger partial charge < -0.3 is 14.6 Å². The van der Waals surface area contributed by atoms with Crippen molar-refractivity contribution in [2.75, 3.05) is 13.2 Å². The zero-order valence-corrected chi connectivity index (χ0v) is 11.5. The molecule has 0 bridgehead atoms. The summed E-state index contributed by atoms with van der Waals surface area (Å²) >= 11 is 0. The highest BCUT2D eigenvalue weighted by Crippen LogP contribution is 2.16. The number of ether oxygens (including phenoxy) is 2. The van der Waals surface area contributed by atoms with Gasteiger partial charge in [0.2, 0.25) is 6.29 Å². The Balaban J connectivity index is 2.65. The Labute approximate surface area is 108 Å². The fourth-order valence-electron chi connectivity index (χ4n) is 1.43. The molecule has 0 aliphatic heterocycles. The molecular weight excluding hydrogens is 234 g/mol. The molecule has 6 heteroatoms. The highest BCUT2D eigenvalue weighted by molar-refractivity contribution is 4.94. The number of hydrogen-bond acceptors (Lipinski definition) is 5. The molecule has 18 heavy (non-hydrogen) atoms. The molecule has 1 heterocycles. The van der Waals surface area contributed by atoms with Crippen molar-refractivity contribution in [3.05, 3.63) is 11.9 Å². The van der Waals surface area contributed by atoms with E-state index in [2.05, 4.69) is 10.3 Å². The second-order valence-corrected chi connectivity index (χ2v) is 4.42. The Morgan fingerprint density at radius 1 is 1.28 bits per heavy atom. The number of nitrogens with zero attached hydrogens (tertiary/aromatic N) is 3. The predicted molar refractivity (Wildman–Crippen MR) is 66.9 cm³/mol. The lowest BCUT2D eigenvalue weighted by Crippen LogP contribution is -2.22. The third-order valence-electron chi connectivity index (χ3n) is 2.58. The molecule has 104 valence electrons. The number of aliphatic hydroxyl groups is 1. The molecule has 0 aromatic carbocycles. The van der Waals surface area contributed by atoms with Crippen LogP contribution in [-0.4, -0.2) is 39.4 Å². The summed E-state index contributed by atoms with van der Waals surface area (Å²) in [7, 11) is 0. The van der Waals surface area contributed by atoms with Crippen LogP contribution in [0.2, 0.25) is 0 Å². The van der Waals surface area contributed by atoms with E-state index in [9.17, 15) is 5.11 Å². The summed E-state index contributed by atoms with van der Waals surface area (Å²) in [6.45, 7) is 9.25. The molecule has 1 aromatic heterocycles. The summed E-state index contributed by atoms with van der Waals surface area (Å²) in [6.07, 6.45) is 0.837. The van der Waals surface area contributed by atoms with E-state index in [0.717, 1.165) is 0 Å². The average molecular weight is 257 g/mol. The van der Waals surface area contributed by atoms with Gasteiger partial charge in [-0.3, -0.25) is 0 Å². The van der Waals surface area contributed by atoms with Gasteiger partial charge >= 0.3 is 0 Å². The van der Waals surface area contributed by atoms with Crippen LogP contribution in [0.15, 0.2) is 6.20 Å². The van der Waals surface area contributed by atoms with Gasteiger partial charge in [-0.2, -0.15) is 0 Å². The van der Waals surface area contributed by atoms with Crippen molar-refractivity contribution in [3.8, 4) is 0 Å². The smallest absolute Gasteiger partial charge is 0.204 e. The predicted octanol–water partition coefficient (Wildman–Crippen LogP) is 1.37. The first kappa shape index (κ1) is 15.1. The van der Waals surface area contributed by atoms with Crippen LogP contribution in [-0.2, 0) is 16.0 Å². The Morgan fingerprint density at radius 2 is 1.89 bits per heavy atom. The Kier molecular flexibility index (Phi) is 6.24. The Hall–Kier alpha value is -0.980. The van der Waals surface area contributed by atoms with E-state index in [1.165, 1.54) is 0 Å². The van der Waals surface area contributed by atoms with Crippen molar-refractivity contribution >= 4 is 0 Å². The van der Waals surface area contributed by atoms with Gasteiger partial charge in [-0.1, -0.05) is 19.1 Å². The lowest BCUT2D eigenvalue weighted by atomic mass is 10.1. The molecule has 0 aliphatic carbocycles. The average Bonchev–Trinajstić information content (AvgIpc) is 2.77. The van der Waals surface area contributed by atoms with E-state index >= 15 is 0 Å². The van der Waals surface area contributed by atoms with Crippen molar-refractivity contribution in [1.82, 2.24) is 15.0 Å². The summed E-state index contributed by atoms with van der Waals surface area (Å²) in [4.78, 5) is 0. The van der Waals surface area contributed by atoms with Crippen LogP contribution in [0.1, 0.15) is 39.7 Å². The van der Waals surface area contributed by atoms with Crippen LogP contribution in [0.25, 0.3) is 0 Å². The van der Waals surface area contributed by atoms with Crippen LogP contribution in [0.4, 0.5) is 0 Å². The second kappa shape index (κ2) is 7.45.